The van der Waals surface area contributed by atoms with Crippen molar-refractivity contribution in [2.24, 2.45) is 5.73 Å². The second-order valence-electron chi connectivity index (χ2n) is 4.26. The van der Waals surface area contributed by atoms with Crippen molar-refractivity contribution in [2.75, 3.05) is 0 Å². The highest BCUT2D eigenvalue weighted by molar-refractivity contribution is 7.09. The van der Waals surface area contributed by atoms with Gasteiger partial charge in [0, 0.05) is 23.9 Å². The third-order valence-corrected chi connectivity index (χ3v) is 4.03. The molecule has 3 heterocycles. The zero-order valence-corrected chi connectivity index (χ0v) is 9.91. The van der Waals surface area contributed by atoms with Crippen LogP contribution in [0.3, 0.4) is 0 Å². The number of hydrogen-bond donors (Lipinski definition) is 1. The Morgan fingerprint density at radius 3 is 3.31 bits per heavy atom. The molecule has 2 N–H and O–H groups in total. The van der Waals surface area contributed by atoms with Gasteiger partial charge >= 0.3 is 0 Å². The van der Waals surface area contributed by atoms with Crippen molar-refractivity contribution in [3.05, 3.63) is 40.1 Å². The van der Waals surface area contributed by atoms with Gasteiger partial charge in [-0.25, -0.2) is 4.98 Å². The second kappa shape index (κ2) is 4.03. The molecule has 0 aliphatic carbocycles. The first-order chi connectivity index (χ1) is 7.84. The lowest BCUT2D eigenvalue weighted by molar-refractivity contribution is 0.454. The summed E-state index contributed by atoms with van der Waals surface area (Å²) >= 11 is 1.79. The van der Waals surface area contributed by atoms with Crippen LogP contribution in [0.25, 0.3) is 0 Å². The number of thiophene rings is 1. The molecule has 0 amide bonds. The molecule has 1 aliphatic heterocycles. The number of nitrogens with two attached hydrogens (primary N) is 1. The fourth-order valence-electron chi connectivity index (χ4n) is 2.31. The lowest BCUT2D eigenvalue weighted by Crippen LogP contribution is -2.22. The molecule has 0 saturated heterocycles. The molecule has 1 atom stereocenters. The fourth-order valence-corrected chi connectivity index (χ4v) is 3.01. The molecule has 84 valence electrons. The molecular formula is C12H15N3S. The molecule has 1 aliphatic rings. The Hall–Kier alpha value is -1.13. The molecule has 1 unspecified atom stereocenters. The largest absolute Gasteiger partial charge is 0.330 e. The standard InChI is InChI=1S/C12H15N3S/c13-10-4-1-5-15-11(10)8-14-12(15)7-9-3-2-6-16-9/h2-3,6,8,10H,1,4-5,7,13H2. The highest BCUT2D eigenvalue weighted by Crippen LogP contribution is 2.25. The molecule has 3 nitrogen and oxygen atoms in total. The smallest absolute Gasteiger partial charge is 0.114 e. The third kappa shape index (κ3) is 1.68. The van der Waals surface area contributed by atoms with Crippen LogP contribution in [0, 0.1) is 0 Å². The van der Waals surface area contributed by atoms with Gasteiger partial charge in [-0.1, -0.05) is 6.07 Å². The lowest BCUT2D eigenvalue weighted by Gasteiger charge is -2.21. The maximum atomic E-state index is 6.07. The van der Waals surface area contributed by atoms with Crippen LogP contribution in [0.1, 0.15) is 35.3 Å². The summed E-state index contributed by atoms with van der Waals surface area (Å²) in [7, 11) is 0. The maximum absolute atomic E-state index is 6.07. The Balaban J connectivity index is 1.91. The summed E-state index contributed by atoms with van der Waals surface area (Å²) in [6.07, 6.45) is 5.14. The molecule has 16 heavy (non-hydrogen) atoms. The van der Waals surface area contributed by atoms with E-state index < -0.39 is 0 Å². The average molecular weight is 233 g/mol. The van der Waals surface area contributed by atoms with Gasteiger partial charge in [0.05, 0.1) is 11.9 Å². The highest BCUT2D eigenvalue weighted by Gasteiger charge is 2.20. The number of nitrogens with zero attached hydrogens (tertiary/aromatic N) is 2. The monoisotopic (exact) mass is 233 g/mol. The minimum atomic E-state index is 0.179. The van der Waals surface area contributed by atoms with Crippen molar-refractivity contribution < 1.29 is 0 Å². The van der Waals surface area contributed by atoms with Gasteiger partial charge in [0.15, 0.2) is 0 Å². The Morgan fingerprint density at radius 1 is 1.56 bits per heavy atom. The van der Waals surface area contributed by atoms with Gasteiger partial charge in [0.25, 0.3) is 0 Å². The van der Waals surface area contributed by atoms with E-state index in [1.807, 2.05) is 6.20 Å². The van der Waals surface area contributed by atoms with E-state index in [1.54, 1.807) is 11.3 Å². The molecule has 4 heteroatoms. The predicted molar refractivity (Wildman–Crippen MR) is 65.5 cm³/mol. The van der Waals surface area contributed by atoms with Crippen molar-refractivity contribution in [1.82, 2.24) is 9.55 Å². The van der Waals surface area contributed by atoms with Gasteiger partial charge in [-0.15, -0.1) is 11.3 Å². The Labute approximate surface area is 98.9 Å². The summed E-state index contributed by atoms with van der Waals surface area (Å²) in [4.78, 5) is 5.88. The van der Waals surface area contributed by atoms with Crippen LogP contribution in [0.5, 0.6) is 0 Å². The first-order valence-corrected chi connectivity index (χ1v) is 6.55. The molecular weight excluding hydrogens is 218 g/mol. The van der Waals surface area contributed by atoms with E-state index in [1.165, 1.54) is 17.0 Å². The van der Waals surface area contributed by atoms with Gasteiger partial charge in [-0.05, 0) is 24.3 Å². The van der Waals surface area contributed by atoms with Crippen molar-refractivity contribution in [2.45, 2.75) is 31.8 Å². The van der Waals surface area contributed by atoms with E-state index in [2.05, 4.69) is 27.1 Å². The van der Waals surface area contributed by atoms with Gasteiger partial charge in [0.2, 0.25) is 0 Å². The van der Waals surface area contributed by atoms with E-state index in [4.69, 9.17) is 5.73 Å². The zero-order valence-electron chi connectivity index (χ0n) is 9.10. The predicted octanol–water partition coefficient (Wildman–Crippen LogP) is 2.33. The highest BCUT2D eigenvalue weighted by atomic mass is 32.1. The van der Waals surface area contributed by atoms with E-state index in [9.17, 15) is 0 Å². The number of imidazole rings is 1. The number of hydrogen-bond acceptors (Lipinski definition) is 3. The van der Waals surface area contributed by atoms with Crippen molar-refractivity contribution >= 4 is 11.3 Å². The van der Waals surface area contributed by atoms with Crippen molar-refractivity contribution in [3.8, 4) is 0 Å². The zero-order chi connectivity index (χ0) is 11.0. The SMILES string of the molecule is NC1CCCn2c1cnc2Cc1cccs1. The van der Waals surface area contributed by atoms with Gasteiger partial charge in [0.1, 0.15) is 5.82 Å². The minimum absolute atomic E-state index is 0.179. The minimum Gasteiger partial charge on any atom is -0.330 e. The van der Waals surface area contributed by atoms with Crippen LogP contribution in [0.4, 0.5) is 0 Å². The fraction of sp³-hybridized carbons (Fsp3) is 0.417. The Morgan fingerprint density at radius 2 is 2.50 bits per heavy atom. The molecule has 0 saturated carbocycles. The van der Waals surface area contributed by atoms with E-state index in [0.29, 0.717) is 0 Å². The number of fused-ring (bicyclic) bond motifs is 1. The van der Waals surface area contributed by atoms with Gasteiger partial charge in [-0.3, -0.25) is 0 Å². The molecule has 0 aromatic carbocycles. The van der Waals surface area contributed by atoms with Gasteiger partial charge < -0.3 is 10.3 Å². The lowest BCUT2D eigenvalue weighted by atomic mass is 10.1. The van der Waals surface area contributed by atoms with E-state index in [-0.39, 0.29) is 6.04 Å². The Kier molecular flexibility index (Phi) is 2.53. The van der Waals surface area contributed by atoms with Crippen LogP contribution >= 0.6 is 11.3 Å². The van der Waals surface area contributed by atoms with Crippen LogP contribution in [-0.2, 0) is 13.0 Å². The average Bonchev–Trinajstić information content (AvgIpc) is 2.90. The maximum Gasteiger partial charge on any atom is 0.114 e. The second-order valence-corrected chi connectivity index (χ2v) is 5.29. The molecule has 0 bridgehead atoms. The quantitative estimate of drug-likeness (QED) is 0.865. The molecule has 2 aromatic rings. The Bertz CT molecular complexity index is 472. The molecule has 0 fully saturated rings. The topological polar surface area (TPSA) is 43.8 Å². The van der Waals surface area contributed by atoms with Crippen LogP contribution in [0.2, 0.25) is 0 Å². The van der Waals surface area contributed by atoms with Gasteiger partial charge in [-0.2, -0.15) is 0 Å². The summed E-state index contributed by atoms with van der Waals surface area (Å²) < 4.78 is 2.30. The molecule has 0 spiro atoms. The van der Waals surface area contributed by atoms with Crippen molar-refractivity contribution in [3.63, 3.8) is 0 Å². The summed E-state index contributed by atoms with van der Waals surface area (Å²) in [6.45, 7) is 1.07. The first kappa shape index (κ1) is 10.1. The molecule has 0 radical (unpaired) electrons. The van der Waals surface area contributed by atoms with E-state index in [0.717, 1.165) is 25.2 Å². The van der Waals surface area contributed by atoms with Crippen LogP contribution in [-0.4, -0.2) is 9.55 Å². The number of aromatic nitrogens is 2. The molecule has 3 rings (SSSR count). The third-order valence-electron chi connectivity index (χ3n) is 3.16. The number of rotatable bonds is 2. The first-order valence-electron chi connectivity index (χ1n) is 5.67. The van der Waals surface area contributed by atoms with Crippen LogP contribution in [0.15, 0.2) is 23.7 Å². The summed E-state index contributed by atoms with van der Waals surface area (Å²) in [5, 5.41) is 2.11. The van der Waals surface area contributed by atoms with Crippen LogP contribution < -0.4 is 5.73 Å². The summed E-state index contributed by atoms with van der Waals surface area (Å²) in [5.41, 5.74) is 7.28. The normalized spacial score (nSPS) is 19.7. The summed E-state index contributed by atoms with van der Waals surface area (Å²) in [5.74, 6) is 1.16. The summed E-state index contributed by atoms with van der Waals surface area (Å²) in [6, 6.07) is 4.43. The molecule has 2 aromatic heterocycles. The van der Waals surface area contributed by atoms with Crippen molar-refractivity contribution in [1.29, 1.82) is 0 Å². The van der Waals surface area contributed by atoms with E-state index >= 15 is 0 Å².